The average Bonchev–Trinajstić information content (AvgIpc) is 3.10. The second kappa shape index (κ2) is 9.32. The Morgan fingerprint density at radius 3 is 2.48 bits per heavy atom. The number of ether oxygens (including phenoxy) is 1. The first-order valence-corrected chi connectivity index (χ1v) is 14.0. The third kappa shape index (κ3) is 4.45. The Balaban J connectivity index is 1.50. The van der Waals surface area contributed by atoms with Crippen LogP contribution in [0.25, 0.3) is 0 Å². The molecule has 0 amide bonds. The molecular weight excluding hydrogens is 408 g/mol. The zero-order valence-corrected chi connectivity index (χ0v) is 22.3. The van der Waals surface area contributed by atoms with Crippen LogP contribution in [0.1, 0.15) is 112 Å². The van der Waals surface area contributed by atoms with Crippen LogP contribution in [-0.2, 0) is 9.53 Å². The van der Waals surface area contributed by atoms with Crippen molar-refractivity contribution in [2.75, 3.05) is 6.61 Å². The number of carbonyl (C=O) groups is 1. The Kier molecular flexibility index (Phi) is 7.14. The van der Waals surface area contributed by atoms with Gasteiger partial charge in [0.1, 0.15) is 6.61 Å². The van der Waals surface area contributed by atoms with E-state index in [1.54, 1.807) is 5.57 Å². The fourth-order valence-corrected chi connectivity index (χ4v) is 9.64. The molecule has 188 valence electrons. The Labute approximate surface area is 203 Å². The van der Waals surface area contributed by atoms with E-state index in [1.807, 2.05) is 0 Å². The summed E-state index contributed by atoms with van der Waals surface area (Å²) in [6, 6.07) is 0. The summed E-state index contributed by atoms with van der Waals surface area (Å²) in [6.07, 6.45) is 16.8. The lowest BCUT2D eigenvalue weighted by atomic mass is 9.41. The van der Waals surface area contributed by atoms with Gasteiger partial charge in [-0.25, -0.2) is 4.79 Å². The second-order valence-corrected chi connectivity index (χ2v) is 13.6. The van der Waals surface area contributed by atoms with E-state index < -0.39 is 5.97 Å². The topological polar surface area (TPSA) is 46.5 Å². The molecule has 3 saturated carbocycles. The van der Waals surface area contributed by atoms with Crippen molar-refractivity contribution in [3.05, 3.63) is 11.6 Å². The number of carboxylic acid groups (broad SMARTS) is 1. The summed E-state index contributed by atoms with van der Waals surface area (Å²) in [5.74, 6) is 3.33. The standard InChI is InChI=1S/C30H50O3/c1-20(2)8-7-9-21(3)24-10-11-25-29(24,5)17-14-26-28(4)16-13-23(33-19-27(31)32)18-22(28)12-15-30(25,26)6/h12,20-21,23-26H,7-11,13-19H2,1-6H3,(H,31,32)/t21-,23+,24-,25-,26-,28+,29-,30+/m1/s1. The van der Waals surface area contributed by atoms with Crippen molar-refractivity contribution >= 4 is 5.97 Å². The molecule has 0 aliphatic heterocycles. The van der Waals surface area contributed by atoms with Crippen molar-refractivity contribution in [2.45, 2.75) is 118 Å². The van der Waals surface area contributed by atoms with E-state index in [4.69, 9.17) is 9.84 Å². The normalized spacial score (nSPS) is 43.4. The maximum absolute atomic E-state index is 11.0. The molecule has 4 rings (SSSR count). The van der Waals surface area contributed by atoms with Gasteiger partial charge in [-0.1, -0.05) is 72.5 Å². The van der Waals surface area contributed by atoms with E-state index in [0.717, 1.165) is 48.9 Å². The quantitative estimate of drug-likeness (QED) is 0.376. The first kappa shape index (κ1) is 25.3. The van der Waals surface area contributed by atoms with Crippen molar-refractivity contribution in [2.24, 2.45) is 45.8 Å². The lowest BCUT2D eigenvalue weighted by Gasteiger charge is -2.63. The SMILES string of the molecule is CC(C)CCC[C@@H](C)[C@H]1CC[C@@H]2[C@]1(C)CC[C@H]1[C@@]2(C)CC=C2C[C@@H](OCC(=O)O)CC[C@@]21C. The molecule has 3 fully saturated rings. The van der Waals surface area contributed by atoms with Gasteiger partial charge >= 0.3 is 5.97 Å². The molecule has 0 aromatic heterocycles. The predicted molar refractivity (Wildman–Crippen MR) is 135 cm³/mol. The van der Waals surface area contributed by atoms with Crippen LogP contribution in [-0.4, -0.2) is 23.8 Å². The molecule has 0 saturated heterocycles. The van der Waals surface area contributed by atoms with Crippen molar-refractivity contribution in [3.8, 4) is 0 Å². The van der Waals surface area contributed by atoms with Crippen molar-refractivity contribution < 1.29 is 14.6 Å². The molecule has 0 unspecified atom stereocenters. The molecule has 4 aliphatic carbocycles. The van der Waals surface area contributed by atoms with Gasteiger partial charge in [0.05, 0.1) is 6.10 Å². The molecule has 0 aromatic rings. The molecule has 8 atom stereocenters. The van der Waals surface area contributed by atoms with Crippen molar-refractivity contribution in [1.29, 1.82) is 0 Å². The van der Waals surface area contributed by atoms with Gasteiger partial charge in [0.25, 0.3) is 0 Å². The molecule has 0 aromatic carbocycles. The summed E-state index contributed by atoms with van der Waals surface area (Å²) in [5.41, 5.74) is 2.77. The third-order valence-electron chi connectivity index (χ3n) is 11.3. The molecule has 3 heteroatoms. The van der Waals surface area contributed by atoms with Crippen LogP contribution >= 0.6 is 0 Å². The minimum Gasteiger partial charge on any atom is -0.480 e. The van der Waals surface area contributed by atoms with Gasteiger partial charge in [-0.2, -0.15) is 0 Å². The summed E-state index contributed by atoms with van der Waals surface area (Å²) in [6.45, 7) is 15.0. The van der Waals surface area contributed by atoms with Gasteiger partial charge in [0.15, 0.2) is 0 Å². The van der Waals surface area contributed by atoms with Crippen LogP contribution in [0.3, 0.4) is 0 Å². The van der Waals surface area contributed by atoms with Gasteiger partial charge < -0.3 is 9.84 Å². The number of rotatable bonds is 8. The highest BCUT2D eigenvalue weighted by molar-refractivity contribution is 5.68. The number of hydrogen-bond acceptors (Lipinski definition) is 2. The highest BCUT2D eigenvalue weighted by atomic mass is 16.5. The van der Waals surface area contributed by atoms with E-state index in [2.05, 4.69) is 47.6 Å². The lowest BCUT2D eigenvalue weighted by molar-refractivity contribution is -0.146. The third-order valence-corrected chi connectivity index (χ3v) is 11.3. The van der Waals surface area contributed by atoms with Crippen LogP contribution in [0.2, 0.25) is 0 Å². The molecule has 0 heterocycles. The molecule has 0 spiro atoms. The van der Waals surface area contributed by atoms with Gasteiger partial charge in [-0.3, -0.25) is 0 Å². The Morgan fingerprint density at radius 2 is 1.79 bits per heavy atom. The summed E-state index contributed by atoms with van der Waals surface area (Å²) >= 11 is 0. The highest BCUT2D eigenvalue weighted by Crippen LogP contribution is 2.72. The van der Waals surface area contributed by atoms with Gasteiger partial charge in [-0.05, 0) is 97.2 Å². The largest absolute Gasteiger partial charge is 0.480 e. The maximum Gasteiger partial charge on any atom is 0.329 e. The van der Waals surface area contributed by atoms with Crippen LogP contribution < -0.4 is 0 Å². The van der Waals surface area contributed by atoms with E-state index in [1.165, 1.54) is 51.4 Å². The van der Waals surface area contributed by atoms with Crippen LogP contribution in [0, 0.1) is 45.8 Å². The van der Waals surface area contributed by atoms with Gasteiger partial charge in [-0.15, -0.1) is 0 Å². The van der Waals surface area contributed by atoms with E-state index in [-0.39, 0.29) is 18.1 Å². The number of fused-ring (bicyclic) bond motifs is 5. The number of allylic oxidation sites excluding steroid dienone is 1. The van der Waals surface area contributed by atoms with Crippen LogP contribution in [0.4, 0.5) is 0 Å². The first-order valence-electron chi connectivity index (χ1n) is 14.0. The average molecular weight is 459 g/mol. The summed E-state index contributed by atoms with van der Waals surface area (Å²) < 4.78 is 5.73. The van der Waals surface area contributed by atoms with E-state index >= 15 is 0 Å². The zero-order chi connectivity index (χ0) is 24.0. The van der Waals surface area contributed by atoms with Crippen molar-refractivity contribution in [3.63, 3.8) is 0 Å². The summed E-state index contributed by atoms with van der Waals surface area (Å²) in [5, 5.41) is 9.02. The summed E-state index contributed by atoms with van der Waals surface area (Å²) in [7, 11) is 0. The van der Waals surface area contributed by atoms with Gasteiger partial charge in [0, 0.05) is 0 Å². The minimum absolute atomic E-state index is 0.0844. The van der Waals surface area contributed by atoms with Crippen molar-refractivity contribution in [1.82, 2.24) is 0 Å². The first-order chi connectivity index (χ1) is 15.5. The molecule has 0 radical (unpaired) electrons. The highest BCUT2D eigenvalue weighted by Gasteiger charge is 2.63. The van der Waals surface area contributed by atoms with E-state index in [9.17, 15) is 4.79 Å². The van der Waals surface area contributed by atoms with Crippen LogP contribution in [0.15, 0.2) is 11.6 Å². The monoisotopic (exact) mass is 458 g/mol. The smallest absolute Gasteiger partial charge is 0.329 e. The summed E-state index contributed by atoms with van der Waals surface area (Å²) in [4.78, 5) is 11.0. The Morgan fingerprint density at radius 1 is 1.03 bits per heavy atom. The number of hydrogen-bond donors (Lipinski definition) is 1. The minimum atomic E-state index is -0.852. The van der Waals surface area contributed by atoms with Crippen LogP contribution in [0.5, 0.6) is 0 Å². The van der Waals surface area contributed by atoms with Gasteiger partial charge in [0.2, 0.25) is 0 Å². The molecular formula is C30H50O3. The fraction of sp³-hybridized carbons (Fsp3) is 0.900. The molecule has 1 N–H and O–H groups in total. The molecule has 3 nitrogen and oxygen atoms in total. The zero-order valence-electron chi connectivity index (χ0n) is 22.3. The Hall–Kier alpha value is -0.830. The fourth-order valence-electron chi connectivity index (χ4n) is 9.64. The lowest BCUT2D eigenvalue weighted by Crippen LogP contribution is -2.56. The molecule has 4 aliphatic rings. The number of aliphatic carboxylic acids is 1. The predicted octanol–water partition coefficient (Wildman–Crippen LogP) is 7.89. The molecule has 0 bridgehead atoms. The van der Waals surface area contributed by atoms with E-state index in [0.29, 0.717) is 10.8 Å². The molecule has 33 heavy (non-hydrogen) atoms. The second-order valence-electron chi connectivity index (χ2n) is 13.6. The maximum atomic E-state index is 11.0. The number of carboxylic acids is 1. The Bertz CT molecular complexity index is 756.